The van der Waals surface area contributed by atoms with Crippen molar-refractivity contribution in [1.82, 2.24) is 5.32 Å². The van der Waals surface area contributed by atoms with Gasteiger partial charge in [0, 0.05) is 18.2 Å². The summed E-state index contributed by atoms with van der Waals surface area (Å²) in [5.74, 6) is 1.14. The molecule has 20 heavy (non-hydrogen) atoms. The lowest BCUT2D eigenvalue weighted by Gasteiger charge is -2.26. The highest BCUT2D eigenvalue weighted by molar-refractivity contribution is 5.76. The second kappa shape index (κ2) is 7.17. The molecule has 0 radical (unpaired) electrons. The molecule has 0 aromatic heterocycles. The average Bonchev–Trinajstić information content (AvgIpc) is 2.33. The van der Waals surface area contributed by atoms with Crippen LogP contribution in [-0.2, 0) is 4.79 Å². The fraction of sp³-hybridized carbons (Fsp3) is 0.562. The molecule has 0 aliphatic carbocycles. The molecule has 1 amide bonds. The Labute approximate surface area is 121 Å². The average molecular weight is 278 g/mol. The van der Waals surface area contributed by atoms with Crippen molar-refractivity contribution in [1.29, 1.82) is 0 Å². The minimum atomic E-state index is 0.0728. The SMILES string of the molecule is CC(CC(=O)NCCOc1cccc(N)c1)C(C)(C)C. The van der Waals surface area contributed by atoms with Gasteiger partial charge in [-0.3, -0.25) is 4.79 Å². The molecule has 0 aliphatic rings. The van der Waals surface area contributed by atoms with Gasteiger partial charge in [0.05, 0.1) is 6.54 Å². The van der Waals surface area contributed by atoms with Crippen LogP contribution in [0.5, 0.6) is 5.75 Å². The highest BCUT2D eigenvalue weighted by atomic mass is 16.5. The number of carbonyl (C=O) groups excluding carboxylic acids is 1. The van der Waals surface area contributed by atoms with Crippen LogP contribution in [0.2, 0.25) is 0 Å². The second-order valence-corrected chi connectivity index (χ2v) is 6.24. The predicted molar refractivity (Wildman–Crippen MR) is 82.6 cm³/mol. The van der Waals surface area contributed by atoms with Gasteiger partial charge in [-0.2, -0.15) is 0 Å². The molecular weight excluding hydrogens is 252 g/mol. The molecule has 0 spiro atoms. The maximum Gasteiger partial charge on any atom is 0.220 e. The largest absolute Gasteiger partial charge is 0.492 e. The molecule has 1 unspecified atom stereocenters. The first kappa shape index (κ1) is 16.3. The molecule has 0 fully saturated rings. The lowest BCUT2D eigenvalue weighted by molar-refractivity contribution is -0.122. The molecule has 0 aliphatic heterocycles. The van der Waals surface area contributed by atoms with Crippen molar-refractivity contribution in [2.24, 2.45) is 11.3 Å². The highest BCUT2D eigenvalue weighted by Gasteiger charge is 2.22. The van der Waals surface area contributed by atoms with Crippen LogP contribution in [0, 0.1) is 11.3 Å². The summed E-state index contributed by atoms with van der Waals surface area (Å²) < 4.78 is 5.51. The zero-order chi connectivity index (χ0) is 15.2. The number of rotatable bonds is 6. The quantitative estimate of drug-likeness (QED) is 0.621. The van der Waals surface area contributed by atoms with Gasteiger partial charge < -0.3 is 15.8 Å². The van der Waals surface area contributed by atoms with E-state index in [1.807, 2.05) is 18.2 Å². The molecule has 112 valence electrons. The number of nitrogen functional groups attached to an aromatic ring is 1. The standard InChI is InChI=1S/C16H26N2O2/c1-12(16(2,3)4)10-15(19)18-8-9-20-14-7-5-6-13(17)11-14/h5-7,11-12H,8-10,17H2,1-4H3,(H,18,19). The van der Waals surface area contributed by atoms with E-state index in [2.05, 4.69) is 33.0 Å². The molecule has 4 nitrogen and oxygen atoms in total. The molecule has 3 N–H and O–H groups in total. The molecule has 0 saturated carbocycles. The summed E-state index contributed by atoms with van der Waals surface area (Å²) in [5, 5.41) is 2.88. The molecule has 1 aromatic carbocycles. The zero-order valence-electron chi connectivity index (χ0n) is 12.9. The van der Waals surface area contributed by atoms with E-state index in [-0.39, 0.29) is 11.3 Å². The van der Waals surface area contributed by atoms with Crippen LogP contribution in [0.1, 0.15) is 34.1 Å². The number of carbonyl (C=O) groups is 1. The second-order valence-electron chi connectivity index (χ2n) is 6.24. The summed E-state index contributed by atoms with van der Waals surface area (Å²) in [6.45, 7) is 9.49. The number of hydrogen-bond donors (Lipinski definition) is 2. The van der Waals surface area contributed by atoms with Crippen LogP contribution >= 0.6 is 0 Å². The zero-order valence-corrected chi connectivity index (χ0v) is 12.9. The van der Waals surface area contributed by atoms with Gasteiger partial charge >= 0.3 is 0 Å². The molecule has 0 bridgehead atoms. The number of anilines is 1. The maximum absolute atomic E-state index is 11.8. The van der Waals surface area contributed by atoms with E-state index < -0.39 is 0 Å². The minimum Gasteiger partial charge on any atom is -0.492 e. The van der Waals surface area contributed by atoms with Gasteiger partial charge in [0.2, 0.25) is 5.91 Å². The van der Waals surface area contributed by atoms with Crippen molar-refractivity contribution in [2.45, 2.75) is 34.1 Å². The summed E-state index contributed by atoms with van der Waals surface area (Å²) in [6.07, 6.45) is 0.543. The Morgan fingerprint density at radius 2 is 2.10 bits per heavy atom. The van der Waals surface area contributed by atoms with Crippen molar-refractivity contribution in [2.75, 3.05) is 18.9 Å². The number of ether oxygens (including phenoxy) is 1. The van der Waals surface area contributed by atoms with E-state index in [1.54, 1.807) is 6.07 Å². The number of benzene rings is 1. The van der Waals surface area contributed by atoms with Gasteiger partial charge in [-0.1, -0.05) is 33.8 Å². The van der Waals surface area contributed by atoms with Gasteiger partial charge in [-0.15, -0.1) is 0 Å². The van der Waals surface area contributed by atoms with Gasteiger partial charge in [-0.25, -0.2) is 0 Å². The van der Waals surface area contributed by atoms with Crippen LogP contribution in [-0.4, -0.2) is 19.1 Å². The third-order valence-corrected chi connectivity index (χ3v) is 3.52. The van der Waals surface area contributed by atoms with E-state index in [4.69, 9.17) is 10.5 Å². The number of amides is 1. The van der Waals surface area contributed by atoms with Crippen molar-refractivity contribution in [3.63, 3.8) is 0 Å². The monoisotopic (exact) mass is 278 g/mol. The first-order valence-corrected chi connectivity index (χ1v) is 7.04. The summed E-state index contributed by atoms with van der Waals surface area (Å²) >= 11 is 0. The number of nitrogens with two attached hydrogens (primary N) is 1. The summed E-state index contributed by atoms with van der Waals surface area (Å²) in [7, 11) is 0. The Morgan fingerprint density at radius 1 is 1.40 bits per heavy atom. The van der Waals surface area contributed by atoms with E-state index in [9.17, 15) is 4.79 Å². The topological polar surface area (TPSA) is 64.3 Å². The van der Waals surface area contributed by atoms with E-state index in [0.717, 1.165) is 5.75 Å². The maximum atomic E-state index is 11.8. The van der Waals surface area contributed by atoms with Crippen LogP contribution in [0.3, 0.4) is 0 Å². The normalized spacial score (nSPS) is 12.8. The van der Waals surface area contributed by atoms with E-state index in [1.165, 1.54) is 0 Å². The molecule has 0 saturated heterocycles. The molecule has 0 heterocycles. The van der Waals surface area contributed by atoms with Gasteiger partial charge in [0.25, 0.3) is 0 Å². The fourth-order valence-electron chi connectivity index (χ4n) is 1.62. The Bertz CT molecular complexity index is 438. The predicted octanol–water partition coefficient (Wildman–Crippen LogP) is 2.84. The number of hydrogen-bond acceptors (Lipinski definition) is 3. The third kappa shape index (κ3) is 5.95. The van der Waals surface area contributed by atoms with Gasteiger partial charge in [-0.05, 0) is 23.5 Å². The van der Waals surface area contributed by atoms with E-state index >= 15 is 0 Å². The molecule has 1 aromatic rings. The molecule has 1 atom stereocenters. The van der Waals surface area contributed by atoms with Crippen LogP contribution in [0.4, 0.5) is 5.69 Å². The summed E-state index contributed by atoms with van der Waals surface area (Å²) in [5.41, 5.74) is 6.48. The first-order valence-electron chi connectivity index (χ1n) is 7.04. The minimum absolute atomic E-state index is 0.0728. The van der Waals surface area contributed by atoms with Crippen LogP contribution in [0.15, 0.2) is 24.3 Å². The number of nitrogens with one attached hydrogen (secondary N) is 1. The Balaban J connectivity index is 2.23. The van der Waals surface area contributed by atoms with Crippen molar-refractivity contribution < 1.29 is 9.53 Å². The van der Waals surface area contributed by atoms with Crippen LogP contribution in [0.25, 0.3) is 0 Å². The van der Waals surface area contributed by atoms with Crippen molar-refractivity contribution in [3.8, 4) is 5.75 Å². The highest BCUT2D eigenvalue weighted by Crippen LogP contribution is 2.27. The summed E-state index contributed by atoms with van der Waals surface area (Å²) in [4.78, 5) is 11.8. The molecule has 1 rings (SSSR count). The Kier molecular flexibility index (Phi) is 5.86. The first-order chi connectivity index (χ1) is 9.29. The van der Waals surface area contributed by atoms with Gasteiger partial charge in [0.15, 0.2) is 0 Å². The molecular formula is C16H26N2O2. The van der Waals surface area contributed by atoms with Gasteiger partial charge in [0.1, 0.15) is 12.4 Å². The molecule has 4 heteroatoms. The van der Waals surface area contributed by atoms with Crippen molar-refractivity contribution in [3.05, 3.63) is 24.3 Å². The fourth-order valence-corrected chi connectivity index (χ4v) is 1.62. The summed E-state index contributed by atoms with van der Waals surface area (Å²) in [6, 6.07) is 7.26. The Morgan fingerprint density at radius 3 is 2.70 bits per heavy atom. The van der Waals surface area contributed by atoms with Crippen molar-refractivity contribution >= 4 is 11.6 Å². The lowest BCUT2D eigenvalue weighted by atomic mass is 9.80. The third-order valence-electron chi connectivity index (χ3n) is 3.52. The smallest absolute Gasteiger partial charge is 0.220 e. The van der Waals surface area contributed by atoms with E-state index in [0.29, 0.717) is 31.2 Å². The van der Waals surface area contributed by atoms with Crippen LogP contribution < -0.4 is 15.8 Å². The Hall–Kier alpha value is -1.71. The lowest BCUT2D eigenvalue weighted by Crippen LogP contribution is -2.31.